The van der Waals surface area contributed by atoms with Crippen LogP contribution in [0.1, 0.15) is 200 Å². The lowest BCUT2D eigenvalue weighted by Crippen LogP contribution is -2.45. The minimum atomic E-state index is -4.61. The number of aliphatic hydroxyl groups is 1. The van der Waals surface area contributed by atoms with Crippen LogP contribution in [0.2, 0.25) is 0 Å². The van der Waals surface area contributed by atoms with Gasteiger partial charge in [0.05, 0.1) is 39.9 Å². The van der Waals surface area contributed by atoms with E-state index in [1.165, 1.54) is 89.9 Å². The molecule has 0 radical (unpaired) electrons. The van der Waals surface area contributed by atoms with Crippen LogP contribution in [0.25, 0.3) is 0 Å². The Bertz CT molecular complexity index is 1370. The van der Waals surface area contributed by atoms with E-state index in [-0.39, 0.29) is 12.5 Å². The highest BCUT2D eigenvalue weighted by Crippen LogP contribution is 2.38. The van der Waals surface area contributed by atoms with Crippen LogP contribution < -0.4 is 10.2 Å². The van der Waals surface area contributed by atoms with E-state index in [1.54, 1.807) is 6.08 Å². The van der Waals surface area contributed by atoms with Crippen LogP contribution >= 0.6 is 7.82 Å². The molecule has 0 aromatic heterocycles. The number of hydrogen-bond acceptors (Lipinski definition) is 6. The van der Waals surface area contributed by atoms with Gasteiger partial charge in [-0.2, -0.15) is 0 Å². The second-order valence-electron chi connectivity index (χ2n) is 18.5. The number of carbonyl (C=O) groups excluding carboxylic acids is 1. The van der Waals surface area contributed by atoms with Crippen molar-refractivity contribution in [1.82, 2.24) is 5.32 Å². The molecule has 0 rings (SSSR count). The minimum absolute atomic E-state index is 0.0131. The number of carbonyl (C=O) groups is 1. The Labute approximate surface area is 400 Å². The number of amides is 1. The van der Waals surface area contributed by atoms with Gasteiger partial charge in [0.25, 0.3) is 7.82 Å². The SMILES string of the molecule is CC/C=C\C/C=C\C/C=C\C/C=C\C/C=C\C/C=C\C/C=C\CCCCCC(=O)NC(COP(=O)([O-])OCC[N+](C)(C)C)C(O)/C=C/CCCCCCCCCCCCCCCCCC. The average molecular weight is 927 g/mol. The first-order chi connectivity index (χ1) is 31.5. The van der Waals surface area contributed by atoms with Gasteiger partial charge in [-0.1, -0.05) is 214 Å². The molecule has 0 bridgehead atoms. The van der Waals surface area contributed by atoms with Gasteiger partial charge >= 0.3 is 0 Å². The predicted molar refractivity (Wildman–Crippen MR) is 279 cm³/mol. The van der Waals surface area contributed by atoms with Crippen molar-refractivity contribution >= 4 is 13.7 Å². The molecule has 0 aliphatic carbocycles. The lowest BCUT2D eigenvalue weighted by Gasteiger charge is -2.29. The molecule has 0 aliphatic rings. The maximum absolute atomic E-state index is 12.9. The quantitative estimate of drug-likeness (QED) is 0.0272. The fourth-order valence-corrected chi connectivity index (χ4v) is 7.68. The van der Waals surface area contributed by atoms with Gasteiger partial charge in [0.2, 0.25) is 5.91 Å². The summed E-state index contributed by atoms with van der Waals surface area (Å²) in [5.74, 6) is -0.233. The number of nitrogens with zero attached hydrogens (tertiary/aromatic N) is 1. The Morgan fingerprint density at radius 2 is 0.938 bits per heavy atom. The normalized spacial score (nSPS) is 14.9. The molecule has 0 saturated carbocycles. The molecule has 3 atom stereocenters. The number of phosphoric acid groups is 1. The van der Waals surface area contributed by atoms with Crippen molar-refractivity contribution < 1.29 is 32.9 Å². The van der Waals surface area contributed by atoms with Crippen LogP contribution in [0.3, 0.4) is 0 Å². The highest BCUT2D eigenvalue weighted by Gasteiger charge is 2.23. The Balaban J connectivity index is 4.41. The highest BCUT2D eigenvalue weighted by atomic mass is 31.2. The van der Waals surface area contributed by atoms with Crippen LogP contribution in [0.15, 0.2) is 97.2 Å². The summed E-state index contributed by atoms with van der Waals surface area (Å²) in [5.41, 5.74) is 0. The van der Waals surface area contributed by atoms with Crippen molar-refractivity contribution in [3.05, 3.63) is 97.2 Å². The number of allylic oxidation sites excluding steroid dienone is 15. The van der Waals surface area contributed by atoms with Crippen molar-refractivity contribution in [3.63, 3.8) is 0 Å². The summed E-state index contributed by atoms with van der Waals surface area (Å²) in [6, 6.07) is -0.911. The molecule has 0 saturated heterocycles. The monoisotopic (exact) mass is 927 g/mol. The van der Waals surface area contributed by atoms with E-state index in [2.05, 4.69) is 104 Å². The van der Waals surface area contributed by atoms with Crippen molar-refractivity contribution in [2.45, 2.75) is 212 Å². The summed E-state index contributed by atoms with van der Waals surface area (Å²) in [5, 5.41) is 13.8. The summed E-state index contributed by atoms with van der Waals surface area (Å²) in [7, 11) is 1.22. The van der Waals surface area contributed by atoms with Gasteiger partial charge in [-0.3, -0.25) is 9.36 Å². The Kier molecular flexibility index (Phi) is 44.7. The number of phosphoric ester groups is 1. The first-order valence-corrected chi connectivity index (χ1v) is 27.6. The Morgan fingerprint density at radius 1 is 0.554 bits per heavy atom. The molecule has 0 fully saturated rings. The highest BCUT2D eigenvalue weighted by molar-refractivity contribution is 7.45. The number of unbranched alkanes of at least 4 members (excludes halogenated alkanes) is 19. The number of rotatable bonds is 46. The summed E-state index contributed by atoms with van der Waals surface area (Å²) >= 11 is 0. The Hall–Kier alpha value is -2.58. The molecule has 0 aromatic rings. The fourth-order valence-electron chi connectivity index (χ4n) is 6.96. The van der Waals surface area contributed by atoms with Gasteiger partial charge in [0.15, 0.2) is 0 Å². The molecule has 374 valence electrons. The third-order valence-corrected chi connectivity index (χ3v) is 12.0. The molecule has 0 aliphatic heterocycles. The lowest BCUT2D eigenvalue weighted by atomic mass is 10.0. The maximum Gasteiger partial charge on any atom is 0.268 e. The third kappa shape index (κ3) is 49.2. The predicted octanol–water partition coefficient (Wildman–Crippen LogP) is 14.8. The van der Waals surface area contributed by atoms with Crippen molar-refractivity contribution in [2.75, 3.05) is 40.9 Å². The standard InChI is InChI=1S/C56H99N2O6P/c1-6-8-10-12-14-16-18-20-22-24-26-27-28-29-30-31-32-34-36-38-40-42-44-46-48-50-56(60)57-54(53-64-65(61,62)63-52-51-58(3,4)5)55(59)49-47-45-43-41-39-37-35-33-25-23-21-19-17-15-13-11-9-7-2/h8,10,14,16,20,22,26-27,29-30,32,34,38,40,47,49,54-55,59H,6-7,9,11-13,15,17-19,21,23-25,28,31,33,35-37,39,41-46,48,50-53H2,1-5H3,(H-,57,60,61,62)/b10-8-,16-14-,22-20-,27-26-,30-29-,34-32-,40-38-,49-47+. The van der Waals surface area contributed by atoms with Crippen LogP contribution in [0.5, 0.6) is 0 Å². The van der Waals surface area contributed by atoms with Crippen LogP contribution in [-0.2, 0) is 18.4 Å². The zero-order valence-electron chi connectivity index (χ0n) is 42.4. The van der Waals surface area contributed by atoms with E-state index in [0.717, 1.165) is 83.5 Å². The van der Waals surface area contributed by atoms with E-state index in [0.29, 0.717) is 23.9 Å². The van der Waals surface area contributed by atoms with Crippen molar-refractivity contribution in [3.8, 4) is 0 Å². The fraction of sp³-hybridized carbons (Fsp3) is 0.696. The molecule has 2 N–H and O–H groups in total. The zero-order valence-corrected chi connectivity index (χ0v) is 43.3. The van der Waals surface area contributed by atoms with Crippen LogP contribution in [0, 0.1) is 0 Å². The van der Waals surface area contributed by atoms with Gasteiger partial charge in [-0.15, -0.1) is 0 Å². The Morgan fingerprint density at radius 3 is 1.37 bits per heavy atom. The minimum Gasteiger partial charge on any atom is -0.756 e. The van der Waals surface area contributed by atoms with Gasteiger partial charge in [-0.05, 0) is 77.0 Å². The van der Waals surface area contributed by atoms with E-state index in [9.17, 15) is 19.4 Å². The summed E-state index contributed by atoms with van der Waals surface area (Å²) in [6.45, 7) is 4.50. The molecule has 0 spiro atoms. The number of hydrogen-bond donors (Lipinski definition) is 2. The molecule has 0 heterocycles. The van der Waals surface area contributed by atoms with E-state index < -0.39 is 26.6 Å². The van der Waals surface area contributed by atoms with Gasteiger partial charge in [-0.25, -0.2) is 0 Å². The van der Waals surface area contributed by atoms with Gasteiger partial charge in [0.1, 0.15) is 13.2 Å². The first-order valence-electron chi connectivity index (χ1n) is 26.1. The van der Waals surface area contributed by atoms with Crippen molar-refractivity contribution in [2.24, 2.45) is 0 Å². The van der Waals surface area contributed by atoms with E-state index in [1.807, 2.05) is 27.2 Å². The maximum atomic E-state index is 12.9. The van der Waals surface area contributed by atoms with E-state index in [4.69, 9.17) is 9.05 Å². The molecular formula is C56H99N2O6P. The molecule has 8 nitrogen and oxygen atoms in total. The van der Waals surface area contributed by atoms with Crippen LogP contribution in [-0.4, -0.2) is 68.5 Å². The average Bonchev–Trinajstić information content (AvgIpc) is 3.26. The molecule has 9 heteroatoms. The molecule has 1 amide bonds. The largest absolute Gasteiger partial charge is 0.756 e. The molecular weight excluding hydrogens is 828 g/mol. The van der Waals surface area contributed by atoms with Crippen molar-refractivity contribution in [1.29, 1.82) is 0 Å². The zero-order chi connectivity index (χ0) is 47.8. The number of quaternary nitrogens is 1. The summed E-state index contributed by atoms with van der Waals surface area (Å²) in [6.07, 6.45) is 66.0. The lowest BCUT2D eigenvalue weighted by molar-refractivity contribution is -0.870. The number of likely N-dealkylation sites (N-methyl/N-ethyl adjacent to an activating group) is 1. The van der Waals surface area contributed by atoms with Crippen LogP contribution in [0.4, 0.5) is 0 Å². The van der Waals surface area contributed by atoms with E-state index >= 15 is 0 Å². The first kappa shape index (κ1) is 62.4. The number of aliphatic hydroxyl groups excluding tert-OH is 1. The summed E-state index contributed by atoms with van der Waals surface area (Å²) < 4.78 is 23.3. The summed E-state index contributed by atoms with van der Waals surface area (Å²) in [4.78, 5) is 25.4. The van der Waals surface area contributed by atoms with Gasteiger partial charge in [0, 0.05) is 6.42 Å². The van der Waals surface area contributed by atoms with Gasteiger partial charge < -0.3 is 28.8 Å². The number of nitrogens with one attached hydrogen (secondary N) is 1. The third-order valence-electron chi connectivity index (χ3n) is 11.0. The molecule has 0 aromatic carbocycles. The second-order valence-corrected chi connectivity index (χ2v) is 19.9. The molecule has 3 unspecified atom stereocenters. The smallest absolute Gasteiger partial charge is 0.268 e. The second kappa shape index (κ2) is 46.5. The molecule has 65 heavy (non-hydrogen) atoms. The topological polar surface area (TPSA) is 108 Å².